The molecule has 2 rings (SSSR count). The fraction of sp³-hybridized carbons (Fsp3) is 0.308. The first-order valence-electron chi connectivity index (χ1n) is 5.55. The van der Waals surface area contributed by atoms with Crippen molar-refractivity contribution < 1.29 is 5.11 Å². The van der Waals surface area contributed by atoms with Crippen LogP contribution in [-0.2, 0) is 6.61 Å². The second-order valence-electron chi connectivity index (χ2n) is 3.63. The van der Waals surface area contributed by atoms with Gasteiger partial charge in [-0.05, 0) is 24.8 Å². The number of benzene rings is 1. The molecule has 0 aliphatic rings. The summed E-state index contributed by atoms with van der Waals surface area (Å²) in [7, 11) is 0. The summed E-state index contributed by atoms with van der Waals surface area (Å²) in [6, 6.07) is 8.45. The number of hydrogen-bond acceptors (Lipinski definition) is 4. The van der Waals surface area contributed by atoms with Crippen molar-refractivity contribution in [2.45, 2.75) is 25.3 Å². The van der Waals surface area contributed by atoms with Crippen LogP contribution in [0.15, 0.2) is 29.2 Å². The van der Waals surface area contributed by atoms with Gasteiger partial charge in [0, 0.05) is 15.3 Å². The van der Waals surface area contributed by atoms with Crippen LogP contribution < -0.4 is 0 Å². The van der Waals surface area contributed by atoms with Crippen LogP contribution in [0.1, 0.15) is 16.8 Å². The van der Waals surface area contributed by atoms with Crippen molar-refractivity contribution in [1.82, 2.24) is 4.98 Å². The van der Waals surface area contributed by atoms with Crippen LogP contribution in [0.4, 0.5) is 0 Å². The summed E-state index contributed by atoms with van der Waals surface area (Å²) in [6.45, 7) is 4.22. The van der Waals surface area contributed by atoms with E-state index in [1.54, 1.807) is 11.3 Å². The van der Waals surface area contributed by atoms with E-state index < -0.39 is 0 Å². The Labute approximate surface area is 110 Å². The number of thioether (sulfide) groups is 1. The zero-order valence-corrected chi connectivity index (χ0v) is 11.6. The summed E-state index contributed by atoms with van der Waals surface area (Å²) in [5, 5.41) is 9.86. The fourth-order valence-corrected chi connectivity index (χ4v) is 3.14. The van der Waals surface area contributed by atoms with Crippen molar-refractivity contribution in [3.63, 3.8) is 0 Å². The van der Waals surface area contributed by atoms with Crippen molar-refractivity contribution in [3.05, 3.63) is 34.2 Å². The van der Waals surface area contributed by atoms with Gasteiger partial charge in [-0.25, -0.2) is 4.98 Å². The van der Waals surface area contributed by atoms with Gasteiger partial charge >= 0.3 is 0 Å². The second kappa shape index (κ2) is 5.67. The van der Waals surface area contributed by atoms with Gasteiger partial charge in [-0.15, -0.1) is 23.1 Å². The molecule has 4 heteroatoms. The first-order chi connectivity index (χ1) is 8.24. The molecule has 1 heterocycles. The Morgan fingerprint density at radius 2 is 2.00 bits per heavy atom. The number of aryl methyl sites for hydroxylation is 1. The molecule has 90 valence electrons. The average molecular weight is 265 g/mol. The zero-order valence-electron chi connectivity index (χ0n) is 9.93. The van der Waals surface area contributed by atoms with Crippen LogP contribution in [0.3, 0.4) is 0 Å². The first-order valence-corrected chi connectivity index (χ1v) is 7.35. The minimum atomic E-state index is 0.0231. The van der Waals surface area contributed by atoms with Gasteiger partial charge in [0.15, 0.2) is 0 Å². The summed E-state index contributed by atoms with van der Waals surface area (Å²) < 4.78 is 0. The standard InChI is InChI=1S/C13H15NOS2/c1-3-16-11-6-4-10(5-7-11)13-9(2)17-12(8-15)14-13/h4-7,15H,3,8H2,1-2H3. The number of hydrogen-bond donors (Lipinski definition) is 1. The minimum Gasteiger partial charge on any atom is -0.389 e. The summed E-state index contributed by atoms with van der Waals surface area (Å²) >= 11 is 3.39. The molecule has 0 atom stereocenters. The Morgan fingerprint density at radius 1 is 1.29 bits per heavy atom. The third-order valence-corrected chi connectivity index (χ3v) is 4.26. The molecule has 0 bridgehead atoms. The molecule has 1 N–H and O–H groups in total. The molecular weight excluding hydrogens is 250 g/mol. The Bertz CT molecular complexity index is 491. The van der Waals surface area contributed by atoms with E-state index >= 15 is 0 Å². The largest absolute Gasteiger partial charge is 0.389 e. The number of rotatable bonds is 4. The number of aromatic nitrogens is 1. The summed E-state index contributed by atoms with van der Waals surface area (Å²) in [6.07, 6.45) is 0. The Morgan fingerprint density at radius 3 is 2.53 bits per heavy atom. The molecule has 2 nitrogen and oxygen atoms in total. The van der Waals surface area contributed by atoms with E-state index in [4.69, 9.17) is 5.11 Å². The van der Waals surface area contributed by atoms with Crippen molar-refractivity contribution in [2.75, 3.05) is 5.75 Å². The Kier molecular flexibility index (Phi) is 4.20. The molecule has 0 radical (unpaired) electrons. The smallest absolute Gasteiger partial charge is 0.119 e. The van der Waals surface area contributed by atoms with E-state index in [0.717, 1.165) is 26.9 Å². The highest BCUT2D eigenvalue weighted by atomic mass is 32.2. The highest BCUT2D eigenvalue weighted by Gasteiger charge is 2.08. The predicted octanol–water partition coefficient (Wildman–Crippen LogP) is 3.72. The number of aliphatic hydroxyl groups is 1. The van der Waals surface area contributed by atoms with Gasteiger partial charge in [-0.3, -0.25) is 0 Å². The van der Waals surface area contributed by atoms with Gasteiger partial charge < -0.3 is 5.11 Å². The first kappa shape index (κ1) is 12.6. The van der Waals surface area contributed by atoms with Crippen LogP contribution in [0, 0.1) is 6.92 Å². The number of aliphatic hydroxyl groups excluding tert-OH is 1. The number of nitrogens with zero attached hydrogens (tertiary/aromatic N) is 1. The molecule has 0 saturated heterocycles. The van der Waals surface area contributed by atoms with Crippen LogP contribution >= 0.6 is 23.1 Å². The quantitative estimate of drug-likeness (QED) is 0.855. The second-order valence-corrected chi connectivity index (χ2v) is 6.25. The van der Waals surface area contributed by atoms with Gasteiger partial charge in [0.2, 0.25) is 0 Å². The molecule has 0 spiro atoms. The van der Waals surface area contributed by atoms with Gasteiger partial charge in [0.1, 0.15) is 5.01 Å². The zero-order chi connectivity index (χ0) is 12.3. The topological polar surface area (TPSA) is 33.1 Å². The lowest BCUT2D eigenvalue weighted by Crippen LogP contribution is -1.83. The van der Waals surface area contributed by atoms with Gasteiger partial charge in [-0.1, -0.05) is 19.1 Å². The fourth-order valence-electron chi connectivity index (χ4n) is 1.66. The van der Waals surface area contributed by atoms with Gasteiger partial charge in [-0.2, -0.15) is 0 Å². The third-order valence-electron chi connectivity index (χ3n) is 2.41. The molecule has 0 fully saturated rings. The lowest BCUT2D eigenvalue weighted by Gasteiger charge is -2.01. The maximum atomic E-state index is 9.08. The Balaban J connectivity index is 2.29. The molecule has 1 aromatic carbocycles. The van der Waals surface area contributed by atoms with Crippen LogP contribution in [0.5, 0.6) is 0 Å². The average Bonchev–Trinajstić information content (AvgIpc) is 2.72. The predicted molar refractivity (Wildman–Crippen MR) is 74.6 cm³/mol. The highest BCUT2D eigenvalue weighted by molar-refractivity contribution is 7.99. The molecule has 0 amide bonds. The maximum absolute atomic E-state index is 9.08. The molecule has 0 aliphatic heterocycles. The van der Waals surface area contributed by atoms with Crippen molar-refractivity contribution >= 4 is 23.1 Å². The molecule has 0 aliphatic carbocycles. The van der Waals surface area contributed by atoms with E-state index in [-0.39, 0.29) is 6.61 Å². The van der Waals surface area contributed by atoms with Crippen LogP contribution in [0.2, 0.25) is 0 Å². The van der Waals surface area contributed by atoms with Crippen molar-refractivity contribution in [1.29, 1.82) is 0 Å². The van der Waals surface area contributed by atoms with Crippen molar-refractivity contribution in [2.24, 2.45) is 0 Å². The molecule has 0 saturated carbocycles. The monoisotopic (exact) mass is 265 g/mol. The molecule has 0 unspecified atom stereocenters. The summed E-state index contributed by atoms with van der Waals surface area (Å²) in [5.74, 6) is 1.09. The van der Waals surface area contributed by atoms with E-state index in [0.29, 0.717) is 0 Å². The summed E-state index contributed by atoms with van der Waals surface area (Å²) in [5.41, 5.74) is 2.12. The molecule has 17 heavy (non-hydrogen) atoms. The molecule has 2 aromatic rings. The van der Waals surface area contributed by atoms with E-state index in [2.05, 4.69) is 36.2 Å². The SMILES string of the molecule is CCSc1ccc(-c2nc(CO)sc2C)cc1. The van der Waals surface area contributed by atoms with Crippen LogP contribution in [-0.4, -0.2) is 15.8 Å². The lowest BCUT2D eigenvalue weighted by atomic mass is 10.1. The normalized spacial score (nSPS) is 10.8. The lowest BCUT2D eigenvalue weighted by molar-refractivity contribution is 0.281. The van der Waals surface area contributed by atoms with Gasteiger partial charge in [0.25, 0.3) is 0 Å². The molecular formula is C13H15NOS2. The van der Waals surface area contributed by atoms with E-state index in [1.165, 1.54) is 4.90 Å². The van der Waals surface area contributed by atoms with E-state index in [9.17, 15) is 0 Å². The third kappa shape index (κ3) is 2.89. The summed E-state index contributed by atoms with van der Waals surface area (Å²) in [4.78, 5) is 6.88. The maximum Gasteiger partial charge on any atom is 0.119 e. The Hall–Kier alpha value is -0.840. The van der Waals surface area contributed by atoms with Crippen LogP contribution in [0.25, 0.3) is 11.3 Å². The molecule has 1 aromatic heterocycles. The minimum absolute atomic E-state index is 0.0231. The van der Waals surface area contributed by atoms with E-state index in [1.807, 2.05) is 18.7 Å². The van der Waals surface area contributed by atoms with Gasteiger partial charge in [0.05, 0.1) is 12.3 Å². The number of thiazole rings is 1. The van der Waals surface area contributed by atoms with Crippen molar-refractivity contribution in [3.8, 4) is 11.3 Å². The highest BCUT2D eigenvalue weighted by Crippen LogP contribution is 2.29.